The molecule has 0 saturated carbocycles. The van der Waals surface area contributed by atoms with Gasteiger partial charge in [0.25, 0.3) is 11.8 Å². The number of hydrogen-bond donors (Lipinski definition) is 1. The quantitative estimate of drug-likeness (QED) is 0.185. The first kappa shape index (κ1) is 35.8. The first-order valence-electron chi connectivity index (χ1n) is 18.7. The first-order valence-corrected chi connectivity index (χ1v) is 19.0. The summed E-state index contributed by atoms with van der Waals surface area (Å²) in [5.41, 5.74) is 8.04. The van der Waals surface area contributed by atoms with E-state index < -0.39 is 0 Å². The molecule has 1 saturated heterocycles. The summed E-state index contributed by atoms with van der Waals surface area (Å²) in [5, 5.41) is 10.7. The third-order valence-corrected chi connectivity index (χ3v) is 11.4. The largest absolute Gasteiger partial charge is 0.508 e. The minimum atomic E-state index is -0.233. The van der Waals surface area contributed by atoms with Crippen molar-refractivity contribution in [3.8, 4) is 17.0 Å². The lowest BCUT2D eigenvalue weighted by Gasteiger charge is -2.35. The Bertz CT molecular complexity index is 2210. The van der Waals surface area contributed by atoms with Crippen LogP contribution in [0.25, 0.3) is 11.3 Å². The summed E-state index contributed by atoms with van der Waals surface area (Å²) in [6, 6.07) is 24.3. The molecule has 0 aliphatic carbocycles. The maximum atomic E-state index is 15.2. The molecule has 3 aliphatic rings. The van der Waals surface area contributed by atoms with Crippen molar-refractivity contribution in [1.82, 2.24) is 19.4 Å². The topological polar surface area (TPSA) is 94.4 Å². The molecular weight excluding hydrogens is 700 g/mol. The molecule has 0 spiro atoms. The molecule has 1 fully saturated rings. The molecule has 0 bridgehead atoms. The molecular formula is C43H45ClN6O4. The number of nitrogens with zero attached hydrogens (tertiary/aromatic N) is 6. The van der Waals surface area contributed by atoms with Crippen LogP contribution in [0.4, 0.5) is 17.2 Å². The maximum absolute atomic E-state index is 15.2. The molecule has 10 nitrogen and oxygen atoms in total. The van der Waals surface area contributed by atoms with Crippen LogP contribution in [0.2, 0.25) is 5.02 Å². The molecule has 278 valence electrons. The lowest BCUT2D eigenvalue weighted by molar-refractivity contribution is 0.0382. The summed E-state index contributed by atoms with van der Waals surface area (Å²) in [6.07, 6.45) is 3.95. The second-order valence-electron chi connectivity index (χ2n) is 14.6. The van der Waals surface area contributed by atoms with Gasteiger partial charge in [0.15, 0.2) is 0 Å². The fourth-order valence-electron chi connectivity index (χ4n) is 8.14. The van der Waals surface area contributed by atoms with Gasteiger partial charge in [-0.2, -0.15) is 0 Å². The minimum Gasteiger partial charge on any atom is -0.508 e. The summed E-state index contributed by atoms with van der Waals surface area (Å²) in [4.78, 5) is 42.7. The van der Waals surface area contributed by atoms with E-state index in [9.17, 15) is 9.90 Å². The Kier molecular flexibility index (Phi) is 9.91. The second-order valence-corrected chi connectivity index (χ2v) is 15.0. The average molecular weight is 745 g/mol. The summed E-state index contributed by atoms with van der Waals surface area (Å²) in [5.74, 6) is 0.712. The van der Waals surface area contributed by atoms with E-state index >= 15 is 4.79 Å². The van der Waals surface area contributed by atoms with E-state index in [1.54, 1.807) is 41.4 Å². The zero-order valence-electron chi connectivity index (χ0n) is 31.0. The van der Waals surface area contributed by atoms with E-state index in [1.807, 2.05) is 55.4 Å². The Labute approximate surface area is 321 Å². The van der Waals surface area contributed by atoms with Crippen LogP contribution in [0.15, 0.2) is 85.1 Å². The summed E-state index contributed by atoms with van der Waals surface area (Å²) >= 11 is 6.70. The Balaban J connectivity index is 1.23. The highest BCUT2D eigenvalue weighted by Crippen LogP contribution is 2.37. The number of rotatable bonds is 8. The standard InChI is InChI=1S/C43H45ClN6O4/c1-28-22-29-6-4-5-7-31(29)27-49(28)42(52)36-13-8-32(44)24-37(36)40-25-38(39(47(40)3)15-17-48-18-20-54-21-19-48)43(53)50(33-9-11-35(51)12-10-33)34-23-30-14-16-46(2)41(30)45-26-34/h4-13,23-26,28,51H,14-22,27H2,1-3H3/t28-/m1/s1. The molecule has 5 aromatic rings. The molecule has 2 amide bonds. The number of hydrogen-bond acceptors (Lipinski definition) is 7. The van der Waals surface area contributed by atoms with Gasteiger partial charge in [-0.15, -0.1) is 0 Å². The van der Waals surface area contributed by atoms with Crippen molar-refractivity contribution in [2.24, 2.45) is 7.05 Å². The Morgan fingerprint density at radius 3 is 2.44 bits per heavy atom. The maximum Gasteiger partial charge on any atom is 0.264 e. The van der Waals surface area contributed by atoms with E-state index in [4.69, 9.17) is 21.3 Å². The Morgan fingerprint density at radius 2 is 1.67 bits per heavy atom. The molecule has 11 heteroatoms. The number of aromatic hydroxyl groups is 1. The van der Waals surface area contributed by atoms with E-state index in [1.165, 1.54) is 5.56 Å². The number of ether oxygens (including phenoxy) is 1. The van der Waals surface area contributed by atoms with Gasteiger partial charge in [0.05, 0.1) is 30.7 Å². The Morgan fingerprint density at radius 1 is 0.907 bits per heavy atom. The van der Waals surface area contributed by atoms with Crippen LogP contribution in [0.3, 0.4) is 0 Å². The van der Waals surface area contributed by atoms with Gasteiger partial charge in [0.2, 0.25) is 0 Å². The number of benzene rings is 3. The molecule has 54 heavy (non-hydrogen) atoms. The number of morpholine rings is 1. The van der Waals surface area contributed by atoms with Gasteiger partial charge in [0.1, 0.15) is 11.6 Å². The smallest absolute Gasteiger partial charge is 0.264 e. The highest BCUT2D eigenvalue weighted by molar-refractivity contribution is 6.31. The number of phenolic OH excluding ortho intramolecular Hbond substituents is 1. The molecule has 3 aromatic carbocycles. The van der Waals surface area contributed by atoms with Gasteiger partial charge in [0, 0.05) is 92.5 Å². The van der Waals surface area contributed by atoms with Crippen molar-refractivity contribution >= 4 is 40.6 Å². The van der Waals surface area contributed by atoms with Crippen molar-refractivity contribution in [2.45, 2.75) is 38.8 Å². The fraction of sp³-hybridized carbons (Fsp3) is 0.326. The van der Waals surface area contributed by atoms with Crippen molar-refractivity contribution in [3.63, 3.8) is 0 Å². The number of pyridine rings is 1. The van der Waals surface area contributed by atoms with Crippen molar-refractivity contribution in [3.05, 3.63) is 124 Å². The second kappa shape index (κ2) is 14.9. The summed E-state index contributed by atoms with van der Waals surface area (Å²) < 4.78 is 7.67. The molecule has 0 radical (unpaired) electrons. The van der Waals surface area contributed by atoms with E-state index in [0.29, 0.717) is 59.3 Å². The first-order chi connectivity index (χ1) is 26.2. The molecule has 1 atom stereocenters. The lowest BCUT2D eigenvalue weighted by atomic mass is 9.93. The van der Waals surface area contributed by atoms with Crippen molar-refractivity contribution in [1.29, 1.82) is 0 Å². The zero-order valence-corrected chi connectivity index (χ0v) is 31.7. The van der Waals surface area contributed by atoms with E-state index in [-0.39, 0.29) is 23.6 Å². The van der Waals surface area contributed by atoms with Crippen LogP contribution in [-0.2, 0) is 37.6 Å². The minimum absolute atomic E-state index is 0.00477. The van der Waals surface area contributed by atoms with E-state index in [2.05, 4.69) is 33.4 Å². The van der Waals surface area contributed by atoms with E-state index in [0.717, 1.165) is 67.4 Å². The predicted molar refractivity (Wildman–Crippen MR) is 212 cm³/mol. The van der Waals surface area contributed by atoms with Gasteiger partial charge in [-0.25, -0.2) is 4.98 Å². The highest BCUT2D eigenvalue weighted by atomic mass is 35.5. The number of phenols is 1. The van der Waals surface area contributed by atoms with Crippen LogP contribution < -0.4 is 9.80 Å². The van der Waals surface area contributed by atoms with Crippen molar-refractivity contribution in [2.75, 3.05) is 56.2 Å². The molecule has 5 heterocycles. The number of fused-ring (bicyclic) bond motifs is 2. The molecule has 2 aromatic heterocycles. The molecule has 0 unspecified atom stereocenters. The molecule has 8 rings (SSSR count). The molecule has 1 N–H and O–H groups in total. The van der Waals surface area contributed by atoms with Crippen LogP contribution in [-0.4, -0.2) is 88.8 Å². The number of halogens is 1. The van der Waals surface area contributed by atoms with Gasteiger partial charge in [-0.05, 0) is 91.1 Å². The van der Waals surface area contributed by atoms with Crippen molar-refractivity contribution < 1.29 is 19.4 Å². The van der Waals surface area contributed by atoms with Gasteiger partial charge in [-0.3, -0.25) is 19.4 Å². The number of carbonyl (C=O) groups is 2. The predicted octanol–water partition coefficient (Wildman–Crippen LogP) is 6.88. The fourth-order valence-corrected chi connectivity index (χ4v) is 8.31. The van der Waals surface area contributed by atoms with Crippen LogP contribution in [0.1, 0.15) is 50.0 Å². The van der Waals surface area contributed by atoms with Crippen LogP contribution in [0.5, 0.6) is 5.75 Å². The summed E-state index contributed by atoms with van der Waals surface area (Å²) in [6.45, 7) is 7.19. The Hall–Kier alpha value is -5.16. The van der Waals surface area contributed by atoms with Gasteiger partial charge < -0.3 is 24.2 Å². The lowest BCUT2D eigenvalue weighted by Crippen LogP contribution is -2.42. The number of carbonyl (C=O) groups excluding carboxylic acids is 2. The van der Waals surface area contributed by atoms with Crippen LogP contribution >= 0.6 is 11.6 Å². The van der Waals surface area contributed by atoms with Gasteiger partial charge >= 0.3 is 0 Å². The SMILES string of the molecule is C[C@@H]1Cc2ccccc2CN1C(=O)c1ccc(Cl)cc1-c1cc(C(=O)N(c2ccc(O)cc2)c2cnc3c(c2)CCN3C)c(CCN2CCOCC2)n1C. The average Bonchev–Trinajstić information content (AvgIpc) is 3.72. The monoisotopic (exact) mass is 744 g/mol. The summed E-state index contributed by atoms with van der Waals surface area (Å²) in [7, 11) is 3.99. The number of likely N-dealkylation sites (N-methyl/N-ethyl adjacent to an activating group) is 1. The normalized spacial score (nSPS) is 17.0. The third kappa shape index (κ3) is 6.85. The number of aromatic nitrogens is 2. The zero-order chi connectivity index (χ0) is 37.5. The van der Waals surface area contributed by atoms with Gasteiger partial charge in [-0.1, -0.05) is 35.9 Å². The highest BCUT2D eigenvalue weighted by Gasteiger charge is 2.32. The number of amides is 2. The third-order valence-electron chi connectivity index (χ3n) is 11.2. The van der Waals surface area contributed by atoms with Crippen LogP contribution in [0, 0.1) is 0 Å². The number of anilines is 3. The molecule has 3 aliphatic heterocycles.